The van der Waals surface area contributed by atoms with Crippen molar-refractivity contribution >= 4 is 34.3 Å². The van der Waals surface area contributed by atoms with Gasteiger partial charge in [-0.25, -0.2) is 9.78 Å². The number of nitrogens with two attached hydrogens (primary N) is 1. The quantitative estimate of drug-likeness (QED) is 0.832. The number of carbonyl (C=O) groups excluding carboxylic acids is 1. The third-order valence-corrected chi connectivity index (χ3v) is 2.54. The van der Waals surface area contributed by atoms with E-state index in [1.54, 1.807) is 31.2 Å². The van der Waals surface area contributed by atoms with E-state index in [1.165, 1.54) is 0 Å². The minimum atomic E-state index is -0.473. The van der Waals surface area contributed by atoms with Crippen LogP contribution in [0, 0.1) is 0 Å². The molecule has 17 heavy (non-hydrogen) atoms. The molecule has 0 fully saturated rings. The van der Waals surface area contributed by atoms with E-state index < -0.39 is 5.97 Å². The van der Waals surface area contributed by atoms with Gasteiger partial charge in [-0.1, -0.05) is 11.6 Å². The van der Waals surface area contributed by atoms with E-state index in [1.807, 2.05) is 0 Å². The third kappa shape index (κ3) is 2.31. The van der Waals surface area contributed by atoms with Gasteiger partial charge in [0.15, 0.2) is 0 Å². The van der Waals surface area contributed by atoms with Crippen molar-refractivity contribution in [1.82, 2.24) is 4.98 Å². The van der Waals surface area contributed by atoms with E-state index in [9.17, 15) is 4.79 Å². The SMILES string of the molecule is CCOC(=O)c1cc2cc(Cl)ccc2nc1N. The van der Waals surface area contributed by atoms with Gasteiger partial charge in [-0.15, -0.1) is 0 Å². The largest absolute Gasteiger partial charge is 0.462 e. The lowest BCUT2D eigenvalue weighted by Crippen LogP contribution is -2.09. The molecule has 0 aliphatic rings. The predicted octanol–water partition coefficient (Wildman–Crippen LogP) is 2.65. The fourth-order valence-corrected chi connectivity index (χ4v) is 1.72. The maximum Gasteiger partial charge on any atom is 0.341 e. The Bertz CT molecular complexity index is 584. The van der Waals surface area contributed by atoms with Crippen LogP contribution in [-0.2, 0) is 4.74 Å². The third-order valence-electron chi connectivity index (χ3n) is 2.30. The number of anilines is 1. The molecule has 2 N–H and O–H groups in total. The first-order chi connectivity index (χ1) is 8.11. The highest BCUT2D eigenvalue weighted by Crippen LogP contribution is 2.22. The molecule has 88 valence electrons. The standard InChI is InChI=1S/C12H11ClN2O2/c1-2-17-12(16)9-6-7-5-8(13)3-4-10(7)15-11(9)14/h3-6H,2H2,1H3,(H2,14,15). The van der Waals surface area contributed by atoms with Gasteiger partial charge in [-0.3, -0.25) is 0 Å². The maximum atomic E-state index is 11.6. The van der Waals surface area contributed by atoms with Crippen LogP contribution in [0.15, 0.2) is 24.3 Å². The van der Waals surface area contributed by atoms with Crippen LogP contribution in [0.1, 0.15) is 17.3 Å². The van der Waals surface area contributed by atoms with Gasteiger partial charge in [0.1, 0.15) is 11.4 Å². The highest BCUT2D eigenvalue weighted by atomic mass is 35.5. The van der Waals surface area contributed by atoms with E-state index in [0.29, 0.717) is 17.1 Å². The summed E-state index contributed by atoms with van der Waals surface area (Å²) in [5.74, 6) is -0.308. The topological polar surface area (TPSA) is 65.2 Å². The Morgan fingerprint density at radius 1 is 1.47 bits per heavy atom. The van der Waals surface area contributed by atoms with Gasteiger partial charge in [0.2, 0.25) is 0 Å². The maximum absolute atomic E-state index is 11.6. The second kappa shape index (κ2) is 4.59. The van der Waals surface area contributed by atoms with Crippen molar-refractivity contribution in [1.29, 1.82) is 0 Å². The summed E-state index contributed by atoms with van der Waals surface area (Å²) in [5.41, 5.74) is 6.67. The van der Waals surface area contributed by atoms with Gasteiger partial charge in [0.05, 0.1) is 12.1 Å². The van der Waals surface area contributed by atoms with E-state index >= 15 is 0 Å². The van der Waals surface area contributed by atoms with Crippen LogP contribution in [0.25, 0.3) is 10.9 Å². The first kappa shape index (κ1) is 11.7. The Balaban J connectivity index is 2.57. The Labute approximate surface area is 103 Å². The number of hydrogen-bond donors (Lipinski definition) is 1. The average Bonchev–Trinajstić information content (AvgIpc) is 2.29. The number of carbonyl (C=O) groups is 1. The lowest BCUT2D eigenvalue weighted by Gasteiger charge is -2.06. The lowest BCUT2D eigenvalue weighted by atomic mass is 10.1. The molecule has 0 radical (unpaired) electrons. The summed E-state index contributed by atoms with van der Waals surface area (Å²) in [5, 5.41) is 1.34. The van der Waals surface area contributed by atoms with E-state index in [0.717, 1.165) is 5.39 Å². The molecule has 0 saturated heterocycles. The molecule has 5 heteroatoms. The highest BCUT2D eigenvalue weighted by molar-refractivity contribution is 6.31. The Morgan fingerprint density at radius 2 is 2.24 bits per heavy atom. The van der Waals surface area contributed by atoms with Crippen LogP contribution in [-0.4, -0.2) is 17.6 Å². The van der Waals surface area contributed by atoms with Crippen LogP contribution in [0.4, 0.5) is 5.82 Å². The summed E-state index contributed by atoms with van der Waals surface area (Å²) in [4.78, 5) is 15.8. The molecule has 0 aliphatic heterocycles. The van der Waals surface area contributed by atoms with Crippen molar-refractivity contribution in [3.63, 3.8) is 0 Å². The van der Waals surface area contributed by atoms with Gasteiger partial charge < -0.3 is 10.5 Å². The number of nitrogen functional groups attached to an aromatic ring is 1. The summed E-state index contributed by atoms with van der Waals surface area (Å²) < 4.78 is 4.90. The number of esters is 1. The Hall–Kier alpha value is -1.81. The van der Waals surface area contributed by atoms with Crippen LogP contribution in [0.3, 0.4) is 0 Å². The second-order valence-corrected chi connectivity index (χ2v) is 3.92. The zero-order valence-corrected chi connectivity index (χ0v) is 9.99. The molecule has 2 aromatic rings. The molecular weight excluding hydrogens is 240 g/mol. The molecule has 0 amide bonds. The lowest BCUT2D eigenvalue weighted by molar-refractivity contribution is 0.0527. The van der Waals surface area contributed by atoms with Crippen molar-refractivity contribution < 1.29 is 9.53 Å². The van der Waals surface area contributed by atoms with Gasteiger partial charge in [-0.05, 0) is 31.2 Å². The summed E-state index contributed by atoms with van der Waals surface area (Å²) in [6.07, 6.45) is 0. The molecule has 1 aromatic carbocycles. The van der Waals surface area contributed by atoms with Crippen molar-refractivity contribution in [2.75, 3.05) is 12.3 Å². The molecule has 4 nitrogen and oxygen atoms in total. The molecule has 1 heterocycles. The number of ether oxygens (including phenoxy) is 1. The van der Waals surface area contributed by atoms with E-state index in [-0.39, 0.29) is 11.4 Å². The number of benzene rings is 1. The number of hydrogen-bond acceptors (Lipinski definition) is 4. The highest BCUT2D eigenvalue weighted by Gasteiger charge is 2.13. The van der Waals surface area contributed by atoms with Gasteiger partial charge in [0, 0.05) is 10.4 Å². The molecule has 2 rings (SSSR count). The molecule has 0 saturated carbocycles. The van der Waals surface area contributed by atoms with Gasteiger partial charge >= 0.3 is 5.97 Å². The number of fused-ring (bicyclic) bond motifs is 1. The van der Waals surface area contributed by atoms with Crippen molar-refractivity contribution in [3.8, 4) is 0 Å². The normalized spacial score (nSPS) is 10.5. The average molecular weight is 251 g/mol. The first-order valence-electron chi connectivity index (χ1n) is 5.14. The van der Waals surface area contributed by atoms with Crippen molar-refractivity contribution in [2.45, 2.75) is 6.92 Å². The van der Waals surface area contributed by atoms with Crippen LogP contribution < -0.4 is 5.73 Å². The van der Waals surface area contributed by atoms with Crippen LogP contribution in [0.2, 0.25) is 5.02 Å². The fourth-order valence-electron chi connectivity index (χ4n) is 1.53. The van der Waals surface area contributed by atoms with Crippen LogP contribution in [0.5, 0.6) is 0 Å². The molecule has 1 aromatic heterocycles. The Morgan fingerprint density at radius 3 is 2.94 bits per heavy atom. The van der Waals surface area contributed by atoms with Gasteiger partial charge in [-0.2, -0.15) is 0 Å². The van der Waals surface area contributed by atoms with E-state index in [4.69, 9.17) is 22.1 Å². The van der Waals surface area contributed by atoms with Crippen molar-refractivity contribution in [2.24, 2.45) is 0 Å². The number of nitrogens with zero attached hydrogens (tertiary/aromatic N) is 1. The van der Waals surface area contributed by atoms with E-state index in [2.05, 4.69) is 4.98 Å². The molecule has 0 atom stereocenters. The van der Waals surface area contributed by atoms with Crippen molar-refractivity contribution in [3.05, 3.63) is 34.9 Å². The molecule has 0 spiro atoms. The second-order valence-electron chi connectivity index (χ2n) is 3.48. The predicted molar refractivity (Wildman–Crippen MR) is 67.1 cm³/mol. The molecular formula is C12H11ClN2O2. The molecule has 0 aliphatic carbocycles. The summed E-state index contributed by atoms with van der Waals surface area (Å²) in [7, 11) is 0. The monoisotopic (exact) mass is 250 g/mol. The summed E-state index contributed by atoms with van der Waals surface area (Å²) in [6, 6.07) is 6.84. The van der Waals surface area contributed by atoms with Gasteiger partial charge in [0.25, 0.3) is 0 Å². The summed E-state index contributed by atoms with van der Waals surface area (Å²) >= 11 is 5.88. The smallest absolute Gasteiger partial charge is 0.341 e. The zero-order valence-electron chi connectivity index (χ0n) is 9.24. The zero-order chi connectivity index (χ0) is 12.4. The number of rotatable bonds is 2. The first-order valence-corrected chi connectivity index (χ1v) is 5.52. The molecule has 0 unspecified atom stereocenters. The summed E-state index contributed by atoms with van der Waals surface area (Å²) in [6.45, 7) is 2.03. The Kier molecular flexibility index (Phi) is 3.15. The van der Waals surface area contributed by atoms with Crippen LogP contribution >= 0.6 is 11.6 Å². The molecule has 0 bridgehead atoms. The minimum absolute atomic E-state index is 0.165. The number of halogens is 1. The fraction of sp³-hybridized carbons (Fsp3) is 0.167. The number of pyridine rings is 1. The number of aromatic nitrogens is 1. The minimum Gasteiger partial charge on any atom is -0.462 e.